The largest absolute Gasteiger partial charge is 0.393 e. The highest BCUT2D eigenvalue weighted by Gasteiger charge is 2.19. The minimum atomic E-state index is -0.326. The van der Waals surface area contributed by atoms with Crippen molar-refractivity contribution in [3.8, 4) is 0 Å². The molecule has 3 N–H and O–H groups in total. The van der Waals surface area contributed by atoms with Crippen LogP contribution in [-0.2, 0) is 19.3 Å². The highest BCUT2D eigenvalue weighted by Crippen LogP contribution is 2.28. The first-order valence-corrected chi connectivity index (χ1v) is 8.58. The molecule has 1 aliphatic carbocycles. The zero-order valence-electron chi connectivity index (χ0n) is 13.4. The number of halogens is 1. The summed E-state index contributed by atoms with van der Waals surface area (Å²) < 4.78 is 0. The fourth-order valence-electron chi connectivity index (χ4n) is 3.02. The lowest BCUT2D eigenvalue weighted by Gasteiger charge is -2.23. The summed E-state index contributed by atoms with van der Waals surface area (Å²) in [6.45, 7) is 0.547. The van der Waals surface area contributed by atoms with E-state index in [-0.39, 0.29) is 12.1 Å². The van der Waals surface area contributed by atoms with Gasteiger partial charge < -0.3 is 15.7 Å². The molecule has 0 saturated heterocycles. The van der Waals surface area contributed by atoms with Crippen LogP contribution in [-0.4, -0.2) is 23.8 Å². The molecular formula is C19H21ClN2O2. The van der Waals surface area contributed by atoms with Crippen molar-refractivity contribution in [2.75, 3.05) is 11.9 Å². The van der Waals surface area contributed by atoms with E-state index >= 15 is 0 Å². The number of fused-ring (bicyclic) bond motifs is 1. The summed E-state index contributed by atoms with van der Waals surface area (Å²) in [5.41, 5.74) is 4.17. The third kappa shape index (κ3) is 4.28. The number of nitrogens with one attached hydrogen (secondary N) is 2. The Morgan fingerprint density at radius 3 is 2.79 bits per heavy atom. The van der Waals surface area contributed by atoms with Crippen LogP contribution in [0.4, 0.5) is 10.5 Å². The lowest BCUT2D eigenvalue weighted by Crippen LogP contribution is -2.31. The fraction of sp³-hybridized carbons (Fsp3) is 0.316. The number of aliphatic hydroxyl groups excluding tert-OH is 1. The molecule has 0 aromatic heterocycles. The molecule has 2 aromatic carbocycles. The van der Waals surface area contributed by atoms with Gasteiger partial charge in [-0.1, -0.05) is 35.9 Å². The normalized spacial score (nSPS) is 16.3. The maximum Gasteiger partial charge on any atom is 0.319 e. The Balaban J connectivity index is 1.54. The maximum atomic E-state index is 12.1. The first kappa shape index (κ1) is 16.8. The molecule has 5 heteroatoms. The topological polar surface area (TPSA) is 61.4 Å². The number of hydrogen-bond donors (Lipinski definition) is 3. The van der Waals surface area contributed by atoms with Gasteiger partial charge in [-0.3, -0.25) is 0 Å². The van der Waals surface area contributed by atoms with Crippen LogP contribution in [0, 0.1) is 0 Å². The summed E-state index contributed by atoms with van der Waals surface area (Å²) in [6.07, 6.45) is 2.65. The van der Waals surface area contributed by atoms with Crippen molar-refractivity contribution < 1.29 is 9.90 Å². The van der Waals surface area contributed by atoms with E-state index in [9.17, 15) is 9.90 Å². The molecule has 0 spiro atoms. The first-order chi connectivity index (χ1) is 11.6. The molecule has 126 valence electrons. The third-order valence-corrected chi connectivity index (χ3v) is 4.57. The second-order valence-electron chi connectivity index (χ2n) is 6.10. The summed E-state index contributed by atoms with van der Waals surface area (Å²) in [7, 11) is 0. The number of hydrogen-bond acceptors (Lipinski definition) is 2. The van der Waals surface area contributed by atoms with Gasteiger partial charge in [0, 0.05) is 23.7 Å². The monoisotopic (exact) mass is 344 g/mol. The SMILES string of the molecule is O=C(NCCc1ccc(Cl)cc1)Nc1cccc2c1CC(O)CC2. The second kappa shape index (κ2) is 7.69. The number of anilines is 1. The highest BCUT2D eigenvalue weighted by atomic mass is 35.5. The van der Waals surface area contributed by atoms with Crippen LogP contribution in [0.5, 0.6) is 0 Å². The van der Waals surface area contributed by atoms with E-state index in [1.807, 2.05) is 36.4 Å². The Hall–Kier alpha value is -2.04. The van der Waals surface area contributed by atoms with Crippen molar-refractivity contribution >= 4 is 23.3 Å². The van der Waals surface area contributed by atoms with Crippen molar-refractivity contribution in [1.82, 2.24) is 5.32 Å². The van der Waals surface area contributed by atoms with E-state index in [0.29, 0.717) is 18.0 Å². The van der Waals surface area contributed by atoms with Gasteiger partial charge in [-0.2, -0.15) is 0 Å². The molecule has 0 bridgehead atoms. The fourth-order valence-corrected chi connectivity index (χ4v) is 3.15. The molecule has 0 fully saturated rings. The van der Waals surface area contributed by atoms with Crippen molar-refractivity contribution in [2.24, 2.45) is 0 Å². The van der Waals surface area contributed by atoms with Gasteiger partial charge in [0.2, 0.25) is 0 Å². The van der Waals surface area contributed by atoms with Gasteiger partial charge in [-0.25, -0.2) is 4.79 Å². The number of carbonyl (C=O) groups is 1. The van der Waals surface area contributed by atoms with Crippen LogP contribution in [0.15, 0.2) is 42.5 Å². The summed E-state index contributed by atoms with van der Waals surface area (Å²) >= 11 is 5.86. The number of urea groups is 1. The summed E-state index contributed by atoms with van der Waals surface area (Å²) in [5, 5.41) is 16.3. The molecule has 1 unspecified atom stereocenters. The molecule has 2 amide bonds. The van der Waals surface area contributed by atoms with E-state index < -0.39 is 0 Å². The number of rotatable bonds is 4. The van der Waals surface area contributed by atoms with Gasteiger partial charge in [0.1, 0.15) is 0 Å². The average Bonchev–Trinajstić information content (AvgIpc) is 2.57. The lowest BCUT2D eigenvalue weighted by molar-refractivity contribution is 0.159. The Morgan fingerprint density at radius 1 is 1.21 bits per heavy atom. The number of benzene rings is 2. The lowest BCUT2D eigenvalue weighted by atomic mass is 9.88. The quantitative estimate of drug-likeness (QED) is 0.794. The van der Waals surface area contributed by atoms with E-state index in [0.717, 1.165) is 36.1 Å². The van der Waals surface area contributed by atoms with E-state index in [4.69, 9.17) is 11.6 Å². The van der Waals surface area contributed by atoms with Gasteiger partial charge in [-0.15, -0.1) is 0 Å². The van der Waals surface area contributed by atoms with Gasteiger partial charge >= 0.3 is 6.03 Å². The predicted molar refractivity (Wildman–Crippen MR) is 96.7 cm³/mol. The third-order valence-electron chi connectivity index (χ3n) is 4.32. The average molecular weight is 345 g/mol. The van der Waals surface area contributed by atoms with Gasteiger partial charge in [0.05, 0.1) is 6.10 Å². The summed E-state index contributed by atoms with van der Waals surface area (Å²) in [5.74, 6) is 0. The molecule has 0 heterocycles. The predicted octanol–water partition coefficient (Wildman–Crippen LogP) is 3.55. The minimum Gasteiger partial charge on any atom is -0.393 e. The summed E-state index contributed by atoms with van der Waals surface area (Å²) in [4.78, 5) is 12.1. The molecule has 0 radical (unpaired) electrons. The van der Waals surface area contributed by atoms with Crippen LogP contribution < -0.4 is 10.6 Å². The molecule has 0 aliphatic heterocycles. The van der Waals surface area contributed by atoms with Crippen molar-refractivity contribution in [3.63, 3.8) is 0 Å². The Labute approximate surface area is 146 Å². The van der Waals surface area contributed by atoms with Crippen LogP contribution in [0.3, 0.4) is 0 Å². The standard InChI is InChI=1S/C19H21ClN2O2/c20-15-7-4-13(5-8-15)10-11-21-19(24)22-18-3-1-2-14-6-9-16(23)12-17(14)18/h1-5,7-8,16,23H,6,9-12H2,(H2,21,22,24). The molecule has 24 heavy (non-hydrogen) atoms. The first-order valence-electron chi connectivity index (χ1n) is 8.20. The number of amides is 2. The molecule has 0 saturated carbocycles. The van der Waals surface area contributed by atoms with E-state index in [2.05, 4.69) is 16.7 Å². The number of aryl methyl sites for hydroxylation is 1. The van der Waals surface area contributed by atoms with Crippen molar-refractivity contribution in [1.29, 1.82) is 0 Å². The second-order valence-corrected chi connectivity index (χ2v) is 6.53. The minimum absolute atomic E-state index is 0.225. The van der Waals surface area contributed by atoms with Crippen LogP contribution in [0.2, 0.25) is 5.02 Å². The molecule has 3 rings (SSSR count). The molecular weight excluding hydrogens is 324 g/mol. The number of aliphatic hydroxyl groups is 1. The zero-order valence-corrected chi connectivity index (χ0v) is 14.1. The van der Waals surface area contributed by atoms with Crippen molar-refractivity contribution in [2.45, 2.75) is 31.8 Å². The molecule has 2 aromatic rings. The van der Waals surface area contributed by atoms with Gasteiger partial charge in [0.15, 0.2) is 0 Å². The highest BCUT2D eigenvalue weighted by molar-refractivity contribution is 6.30. The summed E-state index contributed by atoms with van der Waals surface area (Å²) in [6, 6.07) is 13.3. The Kier molecular flexibility index (Phi) is 5.38. The van der Waals surface area contributed by atoms with Gasteiger partial charge in [-0.05, 0) is 54.2 Å². The van der Waals surface area contributed by atoms with Crippen LogP contribution in [0.1, 0.15) is 23.1 Å². The molecule has 1 aliphatic rings. The maximum absolute atomic E-state index is 12.1. The zero-order chi connectivity index (χ0) is 16.9. The van der Waals surface area contributed by atoms with Gasteiger partial charge in [0.25, 0.3) is 0 Å². The van der Waals surface area contributed by atoms with Crippen LogP contribution in [0.25, 0.3) is 0 Å². The molecule has 1 atom stereocenters. The smallest absolute Gasteiger partial charge is 0.319 e. The van der Waals surface area contributed by atoms with E-state index in [1.54, 1.807) is 0 Å². The van der Waals surface area contributed by atoms with Crippen LogP contribution >= 0.6 is 11.6 Å². The van der Waals surface area contributed by atoms with E-state index in [1.165, 1.54) is 5.56 Å². The Bertz CT molecular complexity index is 716. The number of carbonyl (C=O) groups excluding carboxylic acids is 1. The molecule has 4 nitrogen and oxygen atoms in total. The Morgan fingerprint density at radius 2 is 2.00 bits per heavy atom. The van der Waals surface area contributed by atoms with Crippen molar-refractivity contribution in [3.05, 3.63) is 64.2 Å².